The summed E-state index contributed by atoms with van der Waals surface area (Å²) in [5, 5.41) is 11.1. The van der Waals surface area contributed by atoms with Crippen molar-refractivity contribution in [1.82, 2.24) is 60.8 Å². The van der Waals surface area contributed by atoms with E-state index in [1.165, 1.54) is 26.7 Å². The molecule has 0 fully saturated rings. The summed E-state index contributed by atoms with van der Waals surface area (Å²) in [7, 11) is 1.52. The van der Waals surface area contributed by atoms with Crippen LogP contribution in [0.4, 0.5) is 0 Å². The molecule has 0 aliphatic heterocycles. The van der Waals surface area contributed by atoms with Crippen LogP contribution in [0.2, 0.25) is 0 Å². The summed E-state index contributed by atoms with van der Waals surface area (Å²) < 4.78 is 11.6. The molecule has 778 valence electrons. The molecule has 28 N–H and O–H groups in total. The van der Waals surface area contributed by atoms with Crippen LogP contribution in [-0.4, -0.2) is 270 Å². The maximum atomic E-state index is 13.3. The number of methoxy groups -OCH3 is 1. The molecule has 0 aliphatic rings. The van der Waals surface area contributed by atoms with E-state index in [1.807, 2.05) is 189 Å². The van der Waals surface area contributed by atoms with E-state index in [9.17, 15) is 57.5 Å². The van der Waals surface area contributed by atoms with Crippen LogP contribution in [0, 0.1) is 6.92 Å². The molecule has 0 saturated carbocycles. The van der Waals surface area contributed by atoms with Crippen LogP contribution in [0.3, 0.4) is 0 Å². The SMILES string of the molecule is COc1ccc(CC(=O)[C@H](CCc2ccccc2)NC(=O)[C@@H](N)CC(=O)N(CCN)CCN)cn1.Cc1nc(CC(=O)[C@H](CCc2ccccc2)NC(=O)[C@@H](N)CC(=O)N(CCN)CCN)ccc1Br.NCCN(CCN)C(=O)C[C@H](N)C(=O)N[C@@H](CCc1ccccc1)C(=O)Cc1ccc(-c2ccccc2)cn1.NCCN(CCN)C(=O)C[C@H](N)C(=O)N[C@@H](CCc1ccccc1)C(=O)Cc1nc2ccccc2o1. The topological polar surface area (TPSA) is 652 Å². The minimum Gasteiger partial charge on any atom is -0.481 e. The molecule has 0 aliphatic carbocycles. The predicted octanol–water partition coefficient (Wildman–Crippen LogP) is 2.59. The number of nitrogens with zero attached hydrogens (tertiary/aromatic N) is 8. The number of nitrogens with two attached hydrogens (primary N) is 12. The second-order valence-electron chi connectivity index (χ2n) is 34.5. The third kappa shape index (κ3) is 42.7. The summed E-state index contributed by atoms with van der Waals surface area (Å²) in [6.07, 6.45) is 6.54. The molecule has 0 spiro atoms. The molecule has 10 aromatic rings. The van der Waals surface area contributed by atoms with Crippen LogP contribution in [0.5, 0.6) is 5.88 Å². The normalized spacial score (nSPS) is 12.5. The number of fused-ring (bicyclic) bond motifs is 1. The van der Waals surface area contributed by atoms with Crippen molar-refractivity contribution in [2.24, 2.45) is 68.8 Å². The zero-order valence-electron chi connectivity index (χ0n) is 82.7. The lowest BCUT2D eigenvalue weighted by atomic mass is 9.98. The highest BCUT2D eigenvalue weighted by Gasteiger charge is 2.33. The Labute approximate surface area is 855 Å². The lowest BCUT2D eigenvalue weighted by Crippen LogP contribution is -2.51. The van der Waals surface area contributed by atoms with Gasteiger partial charge < -0.3 is 119 Å². The average molecular weight is 2060 g/mol. The first-order valence-electron chi connectivity index (χ1n) is 48.6. The van der Waals surface area contributed by atoms with Gasteiger partial charge in [-0.1, -0.05) is 176 Å². The molecule has 38 nitrogen and oxygen atoms in total. The number of Topliss-reactive ketones (excluding diaryl/α,β-unsaturated/α-hetero) is 4. The highest BCUT2D eigenvalue weighted by molar-refractivity contribution is 9.10. The largest absolute Gasteiger partial charge is 0.481 e. The Morgan fingerprint density at radius 1 is 0.338 bits per heavy atom. The number of benzene rings is 6. The lowest BCUT2D eigenvalue weighted by Gasteiger charge is -2.24. The summed E-state index contributed by atoms with van der Waals surface area (Å²) in [6.45, 7) is 6.75. The Balaban J connectivity index is 0.000000262. The molecular weight excluding hydrogens is 1910 g/mol. The van der Waals surface area contributed by atoms with Crippen molar-refractivity contribution in [2.45, 2.75) is 158 Å². The number of para-hydroxylation sites is 2. The quantitative estimate of drug-likeness (QED) is 0.0260. The molecule has 0 bridgehead atoms. The van der Waals surface area contributed by atoms with Crippen molar-refractivity contribution in [2.75, 3.05) is 112 Å². The van der Waals surface area contributed by atoms with Crippen molar-refractivity contribution in [3.05, 3.63) is 280 Å². The molecule has 4 heterocycles. The third-order valence-electron chi connectivity index (χ3n) is 23.4. The van der Waals surface area contributed by atoms with Gasteiger partial charge in [-0.05, 0) is 138 Å². The first-order chi connectivity index (χ1) is 69.9. The summed E-state index contributed by atoms with van der Waals surface area (Å²) in [4.78, 5) is 178. The Kier molecular flexibility index (Phi) is 53.7. The van der Waals surface area contributed by atoms with E-state index in [-0.39, 0.29) is 156 Å². The van der Waals surface area contributed by atoms with Crippen LogP contribution in [0.1, 0.15) is 102 Å². The smallest absolute Gasteiger partial charge is 0.238 e. The molecule has 6 aromatic carbocycles. The summed E-state index contributed by atoms with van der Waals surface area (Å²) in [5.74, 6) is -3.51. The number of aromatic nitrogens is 4. The van der Waals surface area contributed by atoms with Gasteiger partial charge in [-0.15, -0.1) is 0 Å². The second-order valence-corrected chi connectivity index (χ2v) is 35.4. The van der Waals surface area contributed by atoms with Gasteiger partial charge in [0.2, 0.25) is 59.0 Å². The number of carbonyl (C=O) groups excluding carboxylic acids is 12. The molecule has 0 radical (unpaired) electrons. The number of hydrogen-bond acceptors (Lipinski definition) is 30. The van der Waals surface area contributed by atoms with Crippen LogP contribution < -0.4 is 94.8 Å². The number of oxazole rings is 1. The molecule has 0 unspecified atom stereocenters. The lowest BCUT2D eigenvalue weighted by molar-refractivity contribution is -0.135. The standard InChI is InChI=1S/C30H38N6O3.C26H34N6O4.C25H35BrN6O3.C25H36N6O4/c31-15-17-36(18-16-32)29(38)20-26(33)30(39)35-27(14-11-22-7-3-1-4-8-22)28(37)19-25-13-12-24(21-34-25)23-9-5-2-6-10-23;27-12-14-32(15-13-28)25(34)16-19(29)26(35)31-20(11-10-18-6-2-1-3-7-18)22(33)17-24-30-21-8-4-5-9-23(21)36-24;1-17-20(26)9-8-19(30-17)15-23(33)22(10-7-18-5-3-2-4-6-18)31-25(35)21(29)16-24(34)32(13-11-27)14-12-28;1-35-23-10-8-19(17-29-23)15-22(32)21(9-7-18-5-3-2-4-6-18)30-25(34)20(28)16-24(33)31(13-11-26)14-12-27/h1-10,12-13,21,26-27H,11,14-20,31-33H2,(H,35,39);1-9,19-20H,10-17,27-29H2,(H,31,35);2-6,8-9,21-22H,7,10-16,27-29H2,1H3,(H,31,35);2-6,8,10,17,20-21H,7,9,11-16,26-28H2,1H3,(H,30,34)/t26-,27-;19-,20-;21-,22-;20-,21-/m0000/s1. The highest BCUT2D eigenvalue weighted by atomic mass is 79.9. The fraction of sp³-hybridized carbons (Fsp3) is 0.396. The van der Waals surface area contributed by atoms with Gasteiger partial charge in [0, 0.05) is 151 Å². The number of nitrogens with one attached hydrogen (secondary N) is 4. The third-order valence-corrected chi connectivity index (χ3v) is 24.2. The number of halogens is 1. The molecule has 10 rings (SSSR count). The van der Waals surface area contributed by atoms with E-state index < -0.39 is 72.0 Å². The predicted molar refractivity (Wildman–Crippen MR) is 562 cm³/mol. The number of aryl methyl sites for hydroxylation is 5. The maximum Gasteiger partial charge on any atom is 0.238 e. The molecule has 0 saturated heterocycles. The Morgan fingerprint density at radius 3 is 0.966 bits per heavy atom. The van der Waals surface area contributed by atoms with Crippen molar-refractivity contribution in [1.29, 1.82) is 0 Å². The molecular formula is C106H143BrN24O14. The van der Waals surface area contributed by atoms with E-state index in [0.717, 1.165) is 43.5 Å². The molecule has 8 amide bonds. The minimum atomic E-state index is -1.12. The maximum absolute atomic E-state index is 13.3. The van der Waals surface area contributed by atoms with Gasteiger partial charge in [-0.3, -0.25) is 67.5 Å². The number of ketones is 4. The monoisotopic (exact) mass is 2060 g/mol. The van der Waals surface area contributed by atoms with E-state index in [1.54, 1.807) is 42.7 Å². The zero-order chi connectivity index (χ0) is 105. The van der Waals surface area contributed by atoms with Crippen LogP contribution in [-0.2, 0) is 109 Å². The summed E-state index contributed by atoms with van der Waals surface area (Å²) in [6, 6.07) is 59.1. The number of carbonyl (C=O) groups is 12. The van der Waals surface area contributed by atoms with Crippen molar-refractivity contribution in [3.63, 3.8) is 0 Å². The van der Waals surface area contributed by atoms with Crippen LogP contribution in [0.15, 0.2) is 234 Å². The number of rotatable bonds is 58. The Morgan fingerprint density at radius 2 is 0.655 bits per heavy atom. The number of hydrogen-bond donors (Lipinski definition) is 16. The van der Waals surface area contributed by atoms with Crippen molar-refractivity contribution < 1.29 is 66.7 Å². The number of ether oxygens (including phenoxy) is 1. The van der Waals surface area contributed by atoms with Gasteiger partial charge in [0.1, 0.15) is 5.52 Å². The molecule has 145 heavy (non-hydrogen) atoms. The van der Waals surface area contributed by atoms with E-state index >= 15 is 0 Å². The summed E-state index contributed by atoms with van der Waals surface area (Å²) >= 11 is 3.41. The van der Waals surface area contributed by atoms with Crippen molar-refractivity contribution >= 4 is 97.4 Å². The second kappa shape index (κ2) is 65.7. The average Bonchev–Trinajstić information content (AvgIpc) is 1.70. The summed E-state index contributed by atoms with van der Waals surface area (Å²) in [5.41, 5.74) is 78.8. The minimum absolute atomic E-state index is 0.0593. The van der Waals surface area contributed by atoms with Crippen molar-refractivity contribution in [3.8, 4) is 17.0 Å². The first-order valence-corrected chi connectivity index (χ1v) is 49.4. The van der Waals surface area contributed by atoms with Crippen LogP contribution in [0.25, 0.3) is 22.2 Å². The van der Waals surface area contributed by atoms with Gasteiger partial charge in [0.05, 0.1) is 106 Å². The van der Waals surface area contributed by atoms with Gasteiger partial charge in [-0.2, -0.15) is 0 Å². The molecule has 39 heteroatoms. The van der Waals surface area contributed by atoms with Gasteiger partial charge in [-0.25, -0.2) is 9.97 Å². The number of amides is 8. The van der Waals surface area contributed by atoms with E-state index in [4.69, 9.17) is 78.0 Å². The highest BCUT2D eigenvalue weighted by Crippen LogP contribution is 2.23. The molecule has 4 aromatic heterocycles. The van der Waals surface area contributed by atoms with Gasteiger partial charge in [0.15, 0.2) is 28.7 Å². The van der Waals surface area contributed by atoms with Gasteiger partial charge >= 0.3 is 0 Å². The van der Waals surface area contributed by atoms with E-state index in [0.29, 0.717) is 138 Å². The van der Waals surface area contributed by atoms with E-state index in [2.05, 4.69) is 57.1 Å². The van der Waals surface area contributed by atoms with Gasteiger partial charge in [0.25, 0.3) is 0 Å². The Hall–Kier alpha value is -13.5. The van der Waals surface area contributed by atoms with Crippen LogP contribution >= 0.6 is 15.9 Å². The molecule has 8 atom stereocenters. The Bertz CT molecular complexity index is 5580. The first kappa shape index (κ1) is 118. The fourth-order valence-electron chi connectivity index (χ4n) is 15.4. The zero-order valence-corrected chi connectivity index (χ0v) is 84.3. The number of pyridine rings is 3. The fourth-order valence-corrected chi connectivity index (χ4v) is 15.6.